The van der Waals surface area contributed by atoms with Crippen LogP contribution >= 0.6 is 0 Å². The van der Waals surface area contributed by atoms with Gasteiger partial charge in [-0.15, -0.1) is 0 Å². The largest absolute Gasteiger partial charge is 0.389 e. The molecule has 0 bridgehead atoms. The Bertz CT molecular complexity index is 497. The van der Waals surface area contributed by atoms with Crippen molar-refractivity contribution in [2.45, 2.75) is 39.2 Å². The second-order valence-corrected chi connectivity index (χ2v) is 6.54. The second kappa shape index (κ2) is 6.54. The van der Waals surface area contributed by atoms with E-state index in [9.17, 15) is 9.90 Å². The molecular formula is C16H25N3O2. The quantitative estimate of drug-likeness (QED) is 0.888. The van der Waals surface area contributed by atoms with E-state index in [1.165, 1.54) is 0 Å². The number of anilines is 1. The molecule has 0 saturated carbocycles. The first-order valence-electron chi connectivity index (χ1n) is 7.53. The second-order valence-electron chi connectivity index (χ2n) is 6.54. The van der Waals surface area contributed by atoms with Crippen molar-refractivity contribution in [3.05, 3.63) is 23.9 Å². The van der Waals surface area contributed by atoms with Crippen LogP contribution in [0, 0.1) is 12.8 Å². The summed E-state index contributed by atoms with van der Waals surface area (Å²) in [6, 6.07) is 5.60. The topological polar surface area (TPSA) is 65.5 Å². The van der Waals surface area contributed by atoms with Crippen molar-refractivity contribution >= 4 is 11.7 Å². The fourth-order valence-corrected chi connectivity index (χ4v) is 2.80. The third-order valence-corrected chi connectivity index (χ3v) is 3.63. The van der Waals surface area contributed by atoms with E-state index in [0.717, 1.165) is 25.1 Å². The van der Waals surface area contributed by atoms with Crippen molar-refractivity contribution in [3.8, 4) is 0 Å². The molecule has 5 nitrogen and oxygen atoms in total. The van der Waals surface area contributed by atoms with Crippen LogP contribution in [0.2, 0.25) is 0 Å². The van der Waals surface area contributed by atoms with Crippen molar-refractivity contribution in [2.75, 3.05) is 25.0 Å². The molecule has 0 radical (unpaired) electrons. The minimum absolute atomic E-state index is 0.0218. The Morgan fingerprint density at radius 2 is 2.29 bits per heavy atom. The molecule has 2 heterocycles. The van der Waals surface area contributed by atoms with Gasteiger partial charge in [-0.2, -0.15) is 0 Å². The van der Waals surface area contributed by atoms with Gasteiger partial charge in [0.1, 0.15) is 5.82 Å². The molecule has 2 rings (SSSR count). The van der Waals surface area contributed by atoms with Crippen LogP contribution in [0.3, 0.4) is 0 Å². The normalized spacial score (nSPS) is 20.3. The highest BCUT2D eigenvalue weighted by atomic mass is 16.3. The summed E-state index contributed by atoms with van der Waals surface area (Å²) in [4.78, 5) is 18.8. The first-order chi connectivity index (χ1) is 9.83. The van der Waals surface area contributed by atoms with Gasteiger partial charge in [0.25, 0.3) is 0 Å². The fraction of sp³-hybridized carbons (Fsp3) is 0.625. The summed E-state index contributed by atoms with van der Waals surface area (Å²) < 4.78 is 0. The lowest BCUT2D eigenvalue weighted by Gasteiger charge is -2.35. The zero-order valence-electron chi connectivity index (χ0n) is 13.1. The zero-order valence-corrected chi connectivity index (χ0v) is 13.1. The van der Waals surface area contributed by atoms with Gasteiger partial charge in [0.2, 0.25) is 5.91 Å². The molecule has 1 aromatic rings. The number of aryl methyl sites for hydroxylation is 1. The van der Waals surface area contributed by atoms with Crippen molar-refractivity contribution in [2.24, 2.45) is 5.92 Å². The minimum Gasteiger partial charge on any atom is -0.389 e. The molecule has 1 amide bonds. The summed E-state index contributed by atoms with van der Waals surface area (Å²) in [5.41, 5.74) is 0.163. The number of likely N-dealkylation sites (tertiary alicyclic amines) is 1. The minimum atomic E-state index is -0.726. The highest BCUT2D eigenvalue weighted by molar-refractivity contribution is 5.91. The lowest BCUT2D eigenvalue weighted by atomic mass is 9.96. The zero-order chi connectivity index (χ0) is 15.5. The first kappa shape index (κ1) is 15.9. The molecule has 0 spiro atoms. The molecule has 1 unspecified atom stereocenters. The molecule has 1 aliphatic heterocycles. The van der Waals surface area contributed by atoms with Crippen molar-refractivity contribution in [1.29, 1.82) is 0 Å². The highest BCUT2D eigenvalue weighted by Gasteiger charge is 2.28. The summed E-state index contributed by atoms with van der Waals surface area (Å²) in [5, 5.41) is 12.8. The average Bonchev–Trinajstić information content (AvgIpc) is 2.37. The number of hydrogen-bond donors (Lipinski definition) is 2. The Morgan fingerprint density at radius 3 is 2.95 bits per heavy atom. The molecule has 0 aromatic carbocycles. The molecular weight excluding hydrogens is 266 g/mol. The monoisotopic (exact) mass is 291 g/mol. The van der Waals surface area contributed by atoms with Crippen molar-refractivity contribution < 1.29 is 9.90 Å². The van der Waals surface area contributed by atoms with Gasteiger partial charge >= 0.3 is 0 Å². The third-order valence-electron chi connectivity index (χ3n) is 3.63. The number of rotatable bonds is 4. The van der Waals surface area contributed by atoms with Gasteiger partial charge in [0, 0.05) is 18.8 Å². The smallest absolute Gasteiger partial charge is 0.229 e. The molecule has 1 fully saturated rings. The molecule has 1 aromatic heterocycles. The molecule has 1 saturated heterocycles. The Morgan fingerprint density at radius 1 is 1.52 bits per heavy atom. The molecule has 116 valence electrons. The number of nitrogens with zero attached hydrogens (tertiary/aromatic N) is 2. The van der Waals surface area contributed by atoms with Crippen LogP contribution in [-0.4, -0.2) is 46.1 Å². The van der Waals surface area contributed by atoms with Gasteiger partial charge in [0.05, 0.1) is 11.5 Å². The molecule has 5 heteroatoms. The molecule has 1 aliphatic rings. The Hall–Kier alpha value is -1.46. The van der Waals surface area contributed by atoms with Crippen LogP contribution in [0.15, 0.2) is 18.2 Å². The third kappa shape index (κ3) is 5.10. The summed E-state index contributed by atoms with van der Waals surface area (Å²) in [7, 11) is 0. The fourth-order valence-electron chi connectivity index (χ4n) is 2.80. The Balaban J connectivity index is 1.93. The number of carbonyl (C=O) groups excluding carboxylic acids is 1. The molecule has 21 heavy (non-hydrogen) atoms. The first-order valence-corrected chi connectivity index (χ1v) is 7.53. The average molecular weight is 291 g/mol. The van der Waals surface area contributed by atoms with Crippen LogP contribution in [0.5, 0.6) is 0 Å². The summed E-state index contributed by atoms with van der Waals surface area (Å²) in [5.74, 6) is 0.594. The highest BCUT2D eigenvalue weighted by Crippen LogP contribution is 2.20. The maximum absolute atomic E-state index is 12.3. The van der Waals surface area contributed by atoms with E-state index in [2.05, 4.69) is 15.2 Å². The maximum Gasteiger partial charge on any atom is 0.229 e. The number of carbonyl (C=O) groups is 1. The Kier molecular flexibility index (Phi) is 4.96. The summed E-state index contributed by atoms with van der Waals surface area (Å²) >= 11 is 0. The van der Waals surface area contributed by atoms with E-state index in [4.69, 9.17) is 0 Å². The number of piperidine rings is 1. The standard InChI is InChI=1S/C16H25N3O2/c1-12-6-4-8-14(17-12)18-15(20)13-7-5-9-19(10-13)11-16(2,3)21/h4,6,8,13,21H,5,7,9-11H2,1-3H3,(H,17,18,20). The molecule has 2 N–H and O–H groups in total. The predicted molar refractivity (Wildman–Crippen MR) is 83.1 cm³/mol. The van der Waals surface area contributed by atoms with E-state index in [0.29, 0.717) is 18.9 Å². The molecule has 0 aliphatic carbocycles. The number of pyridine rings is 1. The summed E-state index contributed by atoms with van der Waals surface area (Å²) in [6.07, 6.45) is 1.87. The number of nitrogens with one attached hydrogen (secondary N) is 1. The Labute approximate surface area is 126 Å². The van der Waals surface area contributed by atoms with E-state index >= 15 is 0 Å². The van der Waals surface area contributed by atoms with Gasteiger partial charge in [-0.25, -0.2) is 4.98 Å². The SMILES string of the molecule is Cc1cccc(NC(=O)C2CCCN(CC(C)(C)O)C2)n1. The van der Waals surface area contributed by atoms with Gasteiger partial charge in [-0.3, -0.25) is 9.69 Å². The number of aromatic nitrogens is 1. The van der Waals surface area contributed by atoms with Crippen LogP contribution in [0.25, 0.3) is 0 Å². The van der Waals surface area contributed by atoms with Gasteiger partial charge in [0.15, 0.2) is 0 Å². The van der Waals surface area contributed by atoms with Gasteiger partial charge < -0.3 is 10.4 Å². The van der Waals surface area contributed by atoms with Crippen LogP contribution < -0.4 is 5.32 Å². The maximum atomic E-state index is 12.3. The predicted octanol–water partition coefficient (Wildman–Crippen LogP) is 1.81. The van der Waals surface area contributed by atoms with E-state index in [-0.39, 0.29) is 11.8 Å². The van der Waals surface area contributed by atoms with Crippen molar-refractivity contribution in [1.82, 2.24) is 9.88 Å². The number of aliphatic hydroxyl groups is 1. The number of hydrogen-bond acceptors (Lipinski definition) is 4. The van der Waals surface area contributed by atoms with Crippen LogP contribution in [0.4, 0.5) is 5.82 Å². The molecule has 1 atom stereocenters. The number of amides is 1. The van der Waals surface area contributed by atoms with E-state index in [1.54, 1.807) is 13.8 Å². The van der Waals surface area contributed by atoms with E-state index < -0.39 is 5.60 Å². The van der Waals surface area contributed by atoms with Gasteiger partial charge in [-0.1, -0.05) is 6.07 Å². The van der Waals surface area contributed by atoms with Crippen LogP contribution in [-0.2, 0) is 4.79 Å². The lowest BCUT2D eigenvalue weighted by Crippen LogP contribution is -2.46. The lowest BCUT2D eigenvalue weighted by molar-refractivity contribution is -0.122. The van der Waals surface area contributed by atoms with E-state index in [1.807, 2.05) is 25.1 Å². The van der Waals surface area contributed by atoms with Crippen molar-refractivity contribution in [3.63, 3.8) is 0 Å². The summed E-state index contributed by atoms with van der Waals surface area (Å²) in [6.45, 7) is 7.74. The number of β-amino-alcohol motifs (C(OH)–C–C–N with tert-alkyl or cyclic N) is 1. The van der Waals surface area contributed by atoms with Gasteiger partial charge in [-0.05, 0) is 52.3 Å². The van der Waals surface area contributed by atoms with Crippen LogP contribution in [0.1, 0.15) is 32.4 Å².